The normalized spacial score (nSPS) is 16.0. The summed E-state index contributed by atoms with van der Waals surface area (Å²) in [6.45, 7) is 0.410. The van der Waals surface area contributed by atoms with Gasteiger partial charge in [0.15, 0.2) is 17.2 Å². The van der Waals surface area contributed by atoms with Crippen LogP contribution in [0.5, 0.6) is 17.2 Å². The van der Waals surface area contributed by atoms with Crippen LogP contribution in [0.15, 0.2) is 17.0 Å². The van der Waals surface area contributed by atoms with Crippen molar-refractivity contribution < 1.29 is 30.0 Å². The van der Waals surface area contributed by atoms with E-state index in [2.05, 4.69) is 0 Å². The molecule has 1 saturated heterocycles. The van der Waals surface area contributed by atoms with Crippen LogP contribution in [0.2, 0.25) is 0 Å². The Morgan fingerprint density at radius 1 is 1.16 bits per heavy atom. The molecule has 9 heteroatoms. The zero-order valence-electron chi connectivity index (χ0n) is 13.1. The van der Waals surface area contributed by atoms with Crippen molar-refractivity contribution in [2.45, 2.75) is 25.7 Å². The summed E-state index contributed by atoms with van der Waals surface area (Å²) in [6.07, 6.45) is 3.46. The second-order valence-corrected chi connectivity index (χ2v) is 7.12. The molecular weight excluding hydrogens is 366 g/mol. The van der Waals surface area contributed by atoms with Gasteiger partial charge in [0.1, 0.15) is 4.32 Å². The smallest absolute Gasteiger partial charge is 0.303 e. The van der Waals surface area contributed by atoms with Crippen LogP contribution >= 0.6 is 24.0 Å². The number of unbranched alkanes of at least 4 members (excludes halogenated alkanes) is 2. The van der Waals surface area contributed by atoms with Crippen molar-refractivity contribution in [3.8, 4) is 17.2 Å². The number of benzene rings is 1. The monoisotopic (exact) mass is 383 g/mol. The average Bonchev–Trinajstić information content (AvgIpc) is 2.79. The molecule has 1 heterocycles. The molecule has 0 radical (unpaired) electrons. The summed E-state index contributed by atoms with van der Waals surface area (Å²) < 4.78 is 0.404. The van der Waals surface area contributed by atoms with E-state index in [1.807, 2.05) is 0 Å². The number of aliphatic carboxylic acids is 1. The number of thiocarbonyl (C=S) groups is 1. The molecule has 0 aromatic heterocycles. The van der Waals surface area contributed by atoms with Crippen LogP contribution in [-0.4, -0.2) is 48.1 Å². The Bertz CT molecular complexity index is 723. The fraction of sp³-hybridized carbons (Fsp3) is 0.312. The second-order valence-electron chi connectivity index (χ2n) is 5.45. The van der Waals surface area contributed by atoms with Gasteiger partial charge in [0.25, 0.3) is 5.91 Å². The summed E-state index contributed by atoms with van der Waals surface area (Å²) >= 11 is 6.31. The highest BCUT2D eigenvalue weighted by molar-refractivity contribution is 8.26. The molecule has 0 saturated carbocycles. The van der Waals surface area contributed by atoms with Crippen molar-refractivity contribution in [3.05, 3.63) is 22.6 Å². The molecule has 1 fully saturated rings. The molecule has 0 bridgehead atoms. The first-order chi connectivity index (χ1) is 11.8. The molecule has 1 aliphatic rings. The molecule has 1 aliphatic heterocycles. The third-order valence-corrected chi connectivity index (χ3v) is 4.91. The van der Waals surface area contributed by atoms with Gasteiger partial charge in [-0.1, -0.05) is 30.4 Å². The second kappa shape index (κ2) is 8.21. The third kappa shape index (κ3) is 4.86. The molecule has 2 rings (SSSR count). The highest BCUT2D eigenvalue weighted by atomic mass is 32.2. The van der Waals surface area contributed by atoms with Crippen LogP contribution in [0.25, 0.3) is 6.08 Å². The van der Waals surface area contributed by atoms with Gasteiger partial charge in [-0.2, -0.15) is 0 Å². The summed E-state index contributed by atoms with van der Waals surface area (Å²) in [4.78, 5) is 24.7. The minimum absolute atomic E-state index is 0.103. The summed E-state index contributed by atoms with van der Waals surface area (Å²) in [7, 11) is 0. The quantitative estimate of drug-likeness (QED) is 0.246. The molecule has 0 spiro atoms. The number of hydrogen-bond acceptors (Lipinski definition) is 7. The SMILES string of the molecule is O=C(O)CCCCCN1C(=O)/C(=C/c2cc(O)c(O)c(O)c2)SC1=S. The standard InChI is InChI=1S/C16H17NO6S2/c18-10-6-9(7-11(19)14(10)22)8-12-15(23)17(16(24)25-12)5-3-1-2-4-13(20)21/h6-8,18-19,22H,1-5H2,(H,20,21)/b12-8-. The van der Waals surface area contributed by atoms with E-state index in [1.165, 1.54) is 23.1 Å². The number of phenols is 3. The lowest BCUT2D eigenvalue weighted by Crippen LogP contribution is -2.29. The van der Waals surface area contributed by atoms with Gasteiger partial charge >= 0.3 is 5.97 Å². The van der Waals surface area contributed by atoms with Crippen molar-refractivity contribution >= 4 is 46.3 Å². The van der Waals surface area contributed by atoms with Gasteiger partial charge < -0.3 is 20.4 Å². The molecular formula is C16H17NO6S2. The Labute approximate surface area is 153 Å². The van der Waals surface area contributed by atoms with Crippen LogP contribution in [0.4, 0.5) is 0 Å². The van der Waals surface area contributed by atoms with E-state index in [4.69, 9.17) is 17.3 Å². The Morgan fingerprint density at radius 3 is 2.40 bits per heavy atom. The van der Waals surface area contributed by atoms with Crippen LogP contribution in [-0.2, 0) is 9.59 Å². The molecule has 7 nitrogen and oxygen atoms in total. The summed E-state index contributed by atoms with van der Waals surface area (Å²) in [5.74, 6) is -2.71. The Kier molecular flexibility index (Phi) is 6.27. The van der Waals surface area contributed by atoms with Crippen molar-refractivity contribution in [1.82, 2.24) is 4.90 Å². The van der Waals surface area contributed by atoms with E-state index in [-0.39, 0.29) is 12.3 Å². The maximum absolute atomic E-state index is 12.4. The lowest BCUT2D eigenvalue weighted by molar-refractivity contribution is -0.137. The van der Waals surface area contributed by atoms with Crippen LogP contribution in [0.3, 0.4) is 0 Å². The molecule has 0 unspecified atom stereocenters. The predicted molar refractivity (Wildman–Crippen MR) is 97.4 cm³/mol. The number of nitrogens with zero attached hydrogens (tertiary/aromatic N) is 1. The van der Waals surface area contributed by atoms with E-state index in [0.717, 1.165) is 11.8 Å². The van der Waals surface area contributed by atoms with E-state index in [1.54, 1.807) is 0 Å². The Hall–Kier alpha value is -2.26. The van der Waals surface area contributed by atoms with Crippen molar-refractivity contribution in [2.75, 3.05) is 6.54 Å². The number of aromatic hydroxyl groups is 3. The zero-order valence-corrected chi connectivity index (χ0v) is 14.8. The minimum atomic E-state index is -0.839. The lowest BCUT2D eigenvalue weighted by atomic mass is 10.1. The van der Waals surface area contributed by atoms with Crippen molar-refractivity contribution in [1.29, 1.82) is 0 Å². The van der Waals surface area contributed by atoms with Crippen LogP contribution in [0, 0.1) is 0 Å². The molecule has 0 atom stereocenters. The molecule has 0 aliphatic carbocycles. The van der Waals surface area contributed by atoms with Crippen LogP contribution in [0.1, 0.15) is 31.2 Å². The van der Waals surface area contributed by atoms with E-state index in [0.29, 0.717) is 40.6 Å². The average molecular weight is 383 g/mol. The first-order valence-corrected chi connectivity index (χ1v) is 8.74. The number of carboxylic acids is 1. The van der Waals surface area contributed by atoms with E-state index < -0.39 is 23.2 Å². The van der Waals surface area contributed by atoms with Gasteiger partial charge in [-0.3, -0.25) is 14.5 Å². The number of phenolic OH excluding ortho intramolecular Hbond substituents is 3. The largest absolute Gasteiger partial charge is 0.504 e. The van der Waals surface area contributed by atoms with Crippen molar-refractivity contribution in [2.24, 2.45) is 0 Å². The van der Waals surface area contributed by atoms with E-state index in [9.17, 15) is 24.9 Å². The summed E-state index contributed by atoms with van der Waals surface area (Å²) in [5.41, 5.74) is 0.356. The Balaban J connectivity index is 2.01. The lowest BCUT2D eigenvalue weighted by Gasteiger charge is -2.13. The van der Waals surface area contributed by atoms with Gasteiger partial charge in [0, 0.05) is 13.0 Å². The number of rotatable bonds is 7. The number of carboxylic acid groups (broad SMARTS) is 1. The van der Waals surface area contributed by atoms with Gasteiger partial charge in [0.2, 0.25) is 0 Å². The van der Waals surface area contributed by atoms with Gasteiger partial charge in [0.05, 0.1) is 4.91 Å². The fourth-order valence-electron chi connectivity index (χ4n) is 2.28. The number of thioether (sulfide) groups is 1. The molecule has 134 valence electrons. The Morgan fingerprint density at radius 2 is 1.80 bits per heavy atom. The minimum Gasteiger partial charge on any atom is -0.504 e. The molecule has 1 aromatic carbocycles. The first kappa shape index (κ1) is 19.1. The molecule has 25 heavy (non-hydrogen) atoms. The highest BCUT2D eigenvalue weighted by Crippen LogP contribution is 2.38. The number of carbonyl (C=O) groups excluding carboxylic acids is 1. The summed E-state index contributed by atoms with van der Waals surface area (Å²) in [6, 6.07) is 2.46. The van der Waals surface area contributed by atoms with Gasteiger partial charge in [-0.25, -0.2) is 0 Å². The van der Waals surface area contributed by atoms with E-state index >= 15 is 0 Å². The predicted octanol–water partition coefficient (Wildman–Crippen LogP) is 2.65. The summed E-state index contributed by atoms with van der Waals surface area (Å²) in [5, 5.41) is 37.0. The van der Waals surface area contributed by atoms with Gasteiger partial charge in [-0.05, 0) is 36.6 Å². The number of carbonyl (C=O) groups is 2. The topological polar surface area (TPSA) is 118 Å². The number of hydrogen-bond donors (Lipinski definition) is 4. The maximum atomic E-state index is 12.4. The van der Waals surface area contributed by atoms with Gasteiger partial charge in [-0.15, -0.1) is 0 Å². The third-order valence-electron chi connectivity index (χ3n) is 3.54. The van der Waals surface area contributed by atoms with Crippen LogP contribution < -0.4 is 0 Å². The fourth-order valence-corrected chi connectivity index (χ4v) is 3.58. The zero-order chi connectivity index (χ0) is 18.6. The molecule has 1 amide bonds. The van der Waals surface area contributed by atoms with Crippen molar-refractivity contribution in [3.63, 3.8) is 0 Å². The highest BCUT2D eigenvalue weighted by Gasteiger charge is 2.31. The molecule has 4 N–H and O–H groups in total. The number of amides is 1. The maximum Gasteiger partial charge on any atom is 0.303 e. The molecule has 1 aromatic rings. The first-order valence-electron chi connectivity index (χ1n) is 7.51.